The number of thioether (sulfide) groups is 1. The molecule has 0 radical (unpaired) electrons. The van der Waals surface area contributed by atoms with Gasteiger partial charge in [0.1, 0.15) is 5.70 Å². The van der Waals surface area contributed by atoms with Gasteiger partial charge >= 0.3 is 5.97 Å². The predicted molar refractivity (Wildman–Crippen MR) is 117 cm³/mol. The van der Waals surface area contributed by atoms with Crippen LogP contribution < -0.4 is 10.6 Å². The molecule has 9 heteroatoms. The van der Waals surface area contributed by atoms with Gasteiger partial charge in [-0.1, -0.05) is 6.92 Å². The Morgan fingerprint density at radius 2 is 2.10 bits per heavy atom. The topological polar surface area (TPSA) is 119 Å². The highest BCUT2D eigenvalue weighted by molar-refractivity contribution is 8.03. The summed E-state index contributed by atoms with van der Waals surface area (Å²) < 4.78 is 0. The van der Waals surface area contributed by atoms with Crippen LogP contribution in [0.2, 0.25) is 0 Å². The normalized spacial score (nSPS) is 34.4. The second kappa shape index (κ2) is 8.41. The summed E-state index contributed by atoms with van der Waals surface area (Å²) in [7, 11) is 1.67. The van der Waals surface area contributed by atoms with E-state index in [9.17, 15) is 24.6 Å². The quantitative estimate of drug-likeness (QED) is 0.390. The average Bonchev–Trinajstić information content (AvgIpc) is 3.26. The maximum absolute atomic E-state index is 12.5. The number of carboxylic acid groups (broad SMARTS) is 1. The van der Waals surface area contributed by atoms with E-state index < -0.39 is 18.0 Å². The van der Waals surface area contributed by atoms with Crippen molar-refractivity contribution in [3.05, 3.63) is 10.6 Å². The van der Waals surface area contributed by atoms with E-state index in [1.54, 1.807) is 25.7 Å². The van der Waals surface area contributed by atoms with Crippen LogP contribution in [0, 0.1) is 17.3 Å². The Morgan fingerprint density at radius 1 is 1.39 bits per heavy atom. The molecule has 3 aliphatic heterocycles. The van der Waals surface area contributed by atoms with E-state index >= 15 is 0 Å². The summed E-state index contributed by atoms with van der Waals surface area (Å²) in [6.07, 6.45) is 5.02. The minimum atomic E-state index is -1.07. The average molecular weight is 452 g/mol. The minimum absolute atomic E-state index is 0.0849. The molecule has 0 spiro atoms. The molecule has 0 bridgehead atoms. The number of carbonyl (C=O) groups excluding carboxylic acids is 2. The van der Waals surface area contributed by atoms with Gasteiger partial charge in [-0.3, -0.25) is 9.59 Å². The Kier molecular flexibility index (Phi) is 6.13. The highest BCUT2D eigenvalue weighted by Gasteiger charge is 2.60. The zero-order chi connectivity index (χ0) is 22.5. The van der Waals surface area contributed by atoms with Crippen LogP contribution in [0.5, 0.6) is 0 Å². The fraction of sp³-hybridized carbons (Fsp3) is 0.773. The molecular formula is C22H33N3O5S. The van der Waals surface area contributed by atoms with Gasteiger partial charge in [0.05, 0.1) is 18.1 Å². The third kappa shape index (κ3) is 3.89. The first kappa shape index (κ1) is 22.6. The number of nitrogens with one attached hydrogen (secondary N) is 2. The lowest BCUT2D eigenvalue weighted by atomic mass is 9.79. The molecule has 4 rings (SSSR count). The Bertz CT molecular complexity index is 809. The smallest absolute Gasteiger partial charge is 0.353 e. The number of rotatable bonds is 9. The molecule has 31 heavy (non-hydrogen) atoms. The molecule has 8 nitrogen and oxygen atoms in total. The van der Waals surface area contributed by atoms with Crippen molar-refractivity contribution in [3.63, 3.8) is 0 Å². The van der Waals surface area contributed by atoms with Gasteiger partial charge in [0.25, 0.3) is 0 Å². The first-order valence-corrected chi connectivity index (χ1v) is 12.2. The van der Waals surface area contributed by atoms with Gasteiger partial charge in [0.15, 0.2) is 0 Å². The zero-order valence-corrected chi connectivity index (χ0v) is 19.2. The van der Waals surface area contributed by atoms with Crippen LogP contribution in [-0.2, 0) is 14.4 Å². The molecule has 172 valence electrons. The summed E-state index contributed by atoms with van der Waals surface area (Å²) in [5, 5.41) is 26.4. The maximum atomic E-state index is 12.5. The minimum Gasteiger partial charge on any atom is -0.477 e. The molecule has 4 N–H and O–H groups in total. The number of β-lactam (4-membered cyclic amide) rings is 1. The van der Waals surface area contributed by atoms with E-state index in [0.29, 0.717) is 12.5 Å². The van der Waals surface area contributed by atoms with Crippen molar-refractivity contribution in [3.8, 4) is 0 Å². The Balaban J connectivity index is 1.40. The molecule has 2 saturated heterocycles. The van der Waals surface area contributed by atoms with Gasteiger partial charge in [-0.15, -0.1) is 11.8 Å². The lowest BCUT2D eigenvalue weighted by Gasteiger charge is -2.46. The number of aliphatic carboxylic acids is 1. The summed E-state index contributed by atoms with van der Waals surface area (Å²) in [4.78, 5) is 38.2. The molecule has 0 aromatic carbocycles. The van der Waals surface area contributed by atoms with Crippen LogP contribution in [0.4, 0.5) is 0 Å². The van der Waals surface area contributed by atoms with Gasteiger partial charge in [-0.25, -0.2) is 4.79 Å². The third-order valence-corrected chi connectivity index (χ3v) is 9.20. The van der Waals surface area contributed by atoms with Crippen LogP contribution in [0.25, 0.3) is 0 Å². The van der Waals surface area contributed by atoms with E-state index in [-0.39, 0.29) is 40.1 Å². The van der Waals surface area contributed by atoms with E-state index in [4.69, 9.17) is 0 Å². The van der Waals surface area contributed by atoms with Crippen molar-refractivity contribution < 1.29 is 24.6 Å². The summed E-state index contributed by atoms with van der Waals surface area (Å²) >= 11 is 1.60. The molecular weight excluding hydrogens is 418 g/mol. The van der Waals surface area contributed by atoms with Crippen LogP contribution in [0.15, 0.2) is 10.6 Å². The maximum Gasteiger partial charge on any atom is 0.353 e. The first-order valence-electron chi connectivity index (χ1n) is 11.3. The van der Waals surface area contributed by atoms with Crippen LogP contribution in [0.3, 0.4) is 0 Å². The van der Waals surface area contributed by atoms with Crippen LogP contribution in [-0.4, -0.2) is 69.9 Å². The van der Waals surface area contributed by atoms with Crippen molar-refractivity contribution in [1.29, 1.82) is 0 Å². The summed E-state index contributed by atoms with van der Waals surface area (Å²) in [5.74, 6) is -1.87. The number of fused-ring (bicyclic) bond motifs is 1. The molecule has 6 atom stereocenters. The van der Waals surface area contributed by atoms with Gasteiger partial charge in [-0.05, 0) is 44.4 Å². The van der Waals surface area contributed by atoms with Crippen molar-refractivity contribution in [1.82, 2.24) is 15.5 Å². The lowest BCUT2D eigenvalue weighted by molar-refractivity contribution is -0.163. The Labute approximate surface area is 187 Å². The monoisotopic (exact) mass is 451 g/mol. The number of nitrogens with zero attached hydrogens (tertiary/aromatic N) is 1. The predicted octanol–water partition coefficient (Wildman–Crippen LogP) is 1.30. The standard InChI is InChI=1S/C22H33N3O5S/c1-11-17-16(12(2)26)20(28)25(17)18(21(29)30)19(11)31-13-9-14(24-10-13)22(7-8-22)6-4-5-15(27)23-3/h11-14,16-17,24,26H,4-10H2,1-3H3,(H,23,27)(H,29,30)/t11-,12-,13+,14+,16-,17-/m1/s1. The van der Waals surface area contributed by atoms with E-state index in [2.05, 4.69) is 10.6 Å². The fourth-order valence-corrected chi connectivity index (χ4v) is 7.26. The number of hydrogen-bond acceptors (Lipinski definition) is 6. The van der Waals surface area contributed by atoms with Crippen molar-refractivity contribution in [2.45, 2.75) is 75.8 Å². The molecule has 0 aromatic heterocycles. The SMILES string of the molecule is CNC(=O)CCCC1([C@@H]2C[C@H](SC3=C(C(=O)O)N4C(=O)[C@H]([C@@H](C)O)[C@H]4[C@H]3C)CN2)CC1. The molecule has 4 aliphatic rings. The summed E-state index contributed by atoms with van der Waals surface area (Å²) in [6, 6.07) is 0.134. The second-order valence-corrected chi connectivity index (χ2v) is 10.9. The molecule has 3 fully saturated rings. The van der Waals surface area contributed by atoms with Gasteiger partial charge in [-0.2, -0.15) is 0 Å². The Morgan fingerprint density at radius 3 is 2.68 bits per heavy atom. The number of hydrogen-bond donors (Lipinski definition) is 4. The zero-order valence-electron chi connectivity index (χ0n) is 18.4. The van der Waals surface area contributed by atoms with E-state index in [1.807, 2.05) is 6.92 Å². The van der Waals surface area contributed by atoms with Crippen molar-refractivity contribution in [2.24, 2.45) is 17.3 Å². The van der Waals surface area contributed by atoms with Crippen molar-refractivity contribution in [2.75, 3.05) is 13.6 Å². The number of carboxylic acids is 1. The van der Waals surface area contributed by atoms with E-state index in [0.717, 1.165) is 30.7 Å². The highest BCUT2D eigenvalue weighted by atomic mass is 32.2. The van der Waals surface area contributed by atoms with Gasteiger partial charge < -0.3 is 25.7 Å². The molecule has 3 heterocycles. The second-order valence-electron chi connectivity index (χ2n) is 9.60. The molecule has 0 aromatic rings. The van der Waals surface area contributed by atoms with E-state index in [1.165, 1.54) is 17.7 Å². The van der Waals surface area contributed by atoms with Gasteiger partial charge in [0, 0.05) is 42.1 Å². The molecule has 0 unspecified atom stereocenters. The largest absolute Gasteiger partial charge is 0.477 e. The molecule has 2 amide bonds. The number of aliphatic hydroxyl groups excluding tert-OH is 1. The summed E-state index contributed by atoms with van der Waals surface area (Å²) in [5.41, 5.74) is 0.379. The number of carbonyl (C=O) groups is 3. The fourth-order valence-electron chi connectivity index (χ4n) is 5.78. The Hall–Kier alpha value is -1.58. The molecule has 1 saturated carbocycles. The summed E-state index contributed by atoms with van der Waals surface area (Å²) in [6.45, 7) is 4.38. The lowest BCUT2D eigenvalue weighted by Crippen LogP contribution is -2.63. The molecule has 1 aliphatic carbocycles. The third-order valence-electron chi connectivity index (χ3n) is 7.68. The number of amides is 2. The van der Waals surface area contributed by atoms with Crippen LogP contribution in [0.1, 0.15) is 52.4 Å². The van der Waals surface area contributed by atoms with Gasteiger partial charge in [0.2, 0.25) is 11.8 Å². The highest BCUT2D eigenvalue weighted by Crippen LogP contribution is 2.57. The number of aliphatic hydroxyl groups is 1. The first-order chi connectivity index (χ1) is 14.7. The van der Waals surface area contributed by atoms with Crippen molar-refractivity contribution >= 4 is 29.5 Å². The van der Waals surface area contributed by atoms with Crippen LogP contribution >= 0.6 is 11.8 Å².